The normalized spacial score (nSPS) is 11.2. The molecule has 0 saturated heterocycles. The first kappa shape index (κ1) is 20.0. The number of urea groups is 1. The lowest BCUT2D eigenvalue weighted by Gasteiger charge is -2.18. The lowest BCUT2D eigenvalue weighted by molar-refractivity contribution is -0.158. The van der Waals surface area contributed by atoms with Crippen molar-refractivity contribution < 1.29 is 23.9 Å². The number of carbonyl (C=O) groups is 3. The van der Waals surface area contributed by atoms with Gasteiger partial charge in [0.25, 0.3) is 5.91 Å². The number of carbonyl (C=O) groups excluding carboxylic acids is 3. The highest BCUT2D eigenvalue weighted by atomic mass is 16.6. The van der Waals surface area contributed by atoms with E-state index < -0.39 is 24.0 Å². The summed E-state index contributed by atoms with van der Waals surface area (Å²) >= 11 is 0. The number of amides is 3. The van der Waals surface area contributed by atoms with Crippen LogP contribution >= 0.6 is 0 Å². The largest absolute Gasteiger partial charge is 0.482 e. The highest BCUT2D eigenvalue weighted by molar-refractivity contribution is 5.97. The molecule has 1 atom stereocenters. The topological polar surface area (TPSA) is 93.7 Å². The minimum atomic E-state index is -1.27. The minimum absolute atomic E-state index is 0.360. The average Bonchev–Trinajstić information content (AvgIpc) is 2.67. The fourth-order valence-corrected chi connectivity index (χ4v) is 2.31. The molecule has 0 spiro atoms. The summed E-state index contributed by atoms with van der Waals surface area (Å²) in [6.45, 7) is 3.42. The quantitative estimate of drug-likeness (QED) is 0.762. The molecular formula is C20H22N2O5. The first-order chi connectivity index (χ1) is 12.9. The van der Waals surface area contributed by atoms with Crippen LogP contribution in [0.15, 0.2) is 48.5 Å². The van der Waals surface area contributed by atoms with Crippen LogP contribution < -0.4 is 15.4 Å². The lowest BCUT2D eigenvalue weighted by Crippen LogP contribution is -2.41. The molecule has 2 aromatic rings. The van der Waals surface area contributed by atoms with Crippen molar-refractivity contribution in [3.8, 4) is 5.75 Å². The molecule has 0 heterocycles. The van der Waals surface area contributed by atoms with Crippen LogP contribution in [0.5, 0.6) is 5.75 Å². The lowest BCUT2D eigenvalue weighted by atomic mass is 10.1. The molecule has 0 bridgehead atoms. The van der Waals surface area contributed by atoms with E-state index in [0.29, 0.717) is 11.3 Å². The SMILES string of the molecule is CNC(=O)NC(=O)[C@H](OC(=O)COc1cc(C)ccc1C)c1ccccc1. The van der Waals surface area contributed by atoms with Crippen LogP contribution in [0.3, 0.4) is 0 Å². The number of benzene rings is 2. The fourth-order valence-electron chi connectivity index (χ4n) is 2.31. The first-order valence-corrected chi connectivity index (χ1v) is 8.37. The maximum absolute atomic E-state index is 12.3. The van der Waals surface area contributed by atoms with E-state index in [0.717, 1.165) is 11.1 Å². The molecule has 3 amide bonds. The van der Waals surface area contributed by atoms with Crippen LogP contribution in [-0.4, -0.2) is 31.6 Å². The molecule has 0 aromatic heterocycles. The zero-order chi connectivity index (χ0) is 19.8. The predicted octanol–water partition coefficient (Wildman–Crippen LogP) is 2.42. The summed E-state index contributed by atoms with van der Waals surface area (Å²) in [6.07, 6.45) is -1.27. The Hall–Kier alpha value is -3.35. The molecule has 0 unspecified atom stereocenters. The summed E-state index contributed by atoms with van der Waals surface area (Å²) in [7, 11) is 1.38. The maximum atomic E-state index is 12.3. The molecule has 0 saturated carbocycles. The second-order valence-corrected chi connectivity index (χ2v) is 5.91. The highest BCUT2D eigenvalue weighted by Gasteiger charge is 2.26. The molecular weight excluding hydrogens is 348 g/mol. The number of aryl methyl sites for hydroxylation is 2. The molecule has 0 aliphatic heterocycles. The van der Waals surface area contributed by atoms with E-state index in [-0.39, 0.29) is 6.61 Å². The van der Waals surface area contributed by atoms with Gasteiger partial charge in [0.1, 0.15) is 5.75 Å². The van der Waals surface area contributed by atoms with Gasteiger partial charge in [0.05, 0.1) is 0 Å². The molecule has 2 N–H and O–H groups in total. The zero-order valence-electron chi connectivity index (χ0n) is 15.4. The minimum Gasteiger partial charge on any atom is -0.482 e. The summed E-state index contributed by atoms with van der Waals surface area (Å²) in [5.41, 5.74) is 2.32. The van der Waals surface area contributed by atoms with Crippen LogP contribution in [0.2, 0.25) is 0 Å². The molecule has 0 aliphatic carbocycles. The summed E-state index contributed by atoms with van der Waals surface area (Å²) in [5.74, 6) is -0.907. The molecule has 7 nitrogen and oxygen atoms in total. The number of esters is 1. The third-order valence-corrected chi connectivity index (χ3v) is 3.74. The maximum Gasteiger partial charge on any atom is 0.345 e. The smallest absolute Gasteiger partial charge is 0.345 e. The second kappa shape index (κ2) is 9.38. The first-order valence-electron chi connectivity index (χ1n) is 8.37. The summed E-state index contributed by atoms with van der Waals surface area (Å²) < 4.78 is 10.8. The van der Waals surface area contributed by atoms with Crippen molar-refractivity contribution in [1.82, 2.24) is 10.6 Å². The number of hydrogen-bond donors (Lipinski definition) is 2. The van der Waals surface area contributed by atoms with Gasteiger partial charge in [0.2, 0.25) is 6.10 Å². The summed E-state index contributed by atoms with van der Waals surface area (Å²) in [5, 5.41) is 4.39. The molecule has 142 valence electrons. The number of ether oxygens (including phenoxy) is 2. The summed E-state index contributed by atoms with van der Waals surface area (Å²) in [4.78, 5) is 36.0. The monoisotopic (exact) mass is 370 g/mol. The Morgan fingerprint density at radius 3 is 2.41 bits per heavy atom. The Labute approximate surface area is 157 Å². The van der Waals surface area contributed by atoms with Gasteiger partial charge in [-0.3, -0.25) is 10.1 Å². The van der Waals surface area contributed by atoms with Gasteiger partial charge in [0, 0.05) is 12.6 Å². The van der Waals surface area contributed by atoms with Crippen LogP contribution in [0.1, 0.15) is 22.8 Å². The van der Waals surface area contributed by atoms with Crippen molar-refractivity contribution in [2.75, 3.05) is 13.7 Å². The van der Waals surface area contributed by atoms with Crippen molar-refractivity contribution in [3.05, 3.63) is 65.2 Å². The van der Waals surface area contributed by atoms with E-state index in [1.165, 1.54) is 7.05 Å². The van der Waals surface area contributed by atoms with E-state index in [1.807, 2.05) is 32.0 Å². The molecule has 0 radical (unpaired) electrons. The Morgan fingerprint density at radius 1 is 1.04 bits per heavy atom. The predicted molar refractivity (Wildman–Crippen MR) is 99.3 cm³/mol. The Balaban J connectivity index is 2.07. The number of rotatable bonds is 6. The van der Waals surface area contributed by atoms with Gasteiger partial charge >= 0.3 is 12.0 Å². The molecule has 27 heavy (non-hydrogen) atoms. The van der Waals surface area contributed by atoms with Crippen LogP contribution in [0.4, 0.5) is 4.79 Å². The van der Waals surface area contributed by atoms with Gasteiger partial charge in [-0.1, -0.05) is 42.5 Å². The van der Waals surface area contributed by atoms with E-state index in [2.05, 4.69) is 10.6 Å². The highest BCUT2D eigenvalue weighted by Crippen LogP contribution is 2.21. The Morgan fingerprint density at radius 2 is 1.74 bits per heavy atom. The van der Waals surface area contributed by atoms with Crippen molar-refractivity contribution >= 4 is 17.9 Å². The molecule has 7 heteroatoms. The van der Waals surface area contributed by atoms with Gasteiger partial charge in [-0.2, -0.15) is 0 Å². The molecule has 0 aliphatic rings. The van der Waals surface area contributed by atoms with Crippen LogP contribution in [-0.2, 0) is 14.3 Å². The van der Waals surface area contributed by atoms with Gasteiger partial charge in [-0.05, 0) is 31.0 Å². The van der Waals surface area contributed by atoms with Crippen LogP contribution in [0, 0.1) is 13.8 Å². The van der Waals surface area contributed by atoms with Crippen molar-refractivity contribution in [2.45, 2.75) is 20.0 Å². The molecule has 2 rings (SSSR count). The van der Waals surface area contributed by atoms with E-state index in [1.54, 1.807) is 30.3 Å². The Bertz CT molecular complexity index is 820. The standard InChI is InChI=1S/C20H22N2O5/c1-13-9-10-14(2)16(11-13)26-12-17(23)27-18(15-7-5-4-6-8-15)19(24)22-20(25)21-3/h4-11,18H,12H2,1-3H3,(H2,21,22,24,25)/t18-/m1/s1. The van der Waals surface area contributed by atoms with Gasteiger partial charge in [-0.25, -0.2) is 9.59 Å². The Kier molecular flexibility index (Phi) is 6.93. The number of nitrogens with one attached hydrogen (secondary N) is 2. The van der Waals surface area contributed by atoms with Gasteiger partial charge < -0.3 is 14.8 Å². The van der Waals surface area contributed by atoms with E-state index >= 15 is 0 Å². The third-order valence-electron chi connectivity index (χ3n) is 3.74. The second-order valence-electron chi connectivity index (χ2n) is 5.91. The van der Waals surface area contributed by atoms with Gasteiger partial charge in [-0.15, -0.1) is 0 Å². The average molecular weight is 370 g/mol. The number of imide groups is 1. The van der Waals surface area contributed by atoms with Crippen molar-refractivity contribution in [3.63, 3.8) is 0 Å². The zero-order valence-corrected chi connectivity index (χ0v) is 15.4. The van der Waals surface area contributed by atoms with E-state index in [9.17, 15) is 14.4 Å². The van der Waals surface area contributed by atoms with Gasteiger partial charge in [0.15, 0.2) is 6.61 Å². The number of hydrogen-bond acceptors (Lipinski definition) is 5. The molecule has 0 fully saturated rings. The van der Waals surface area contributed by atoms with Crippen molar-refractivity contribution in [1.29, 1.82) is 0 Å². The van der Waals surface area contributed by atoms with E-state index in [4.69, 9.17) is 9.47 Å². The van der Waals surface area contributed by atoms with Crippen LogP contribution in [0.25, 0.3) is 0 Å². The van der Waals surface area contributed by atoms with Crippen molar-refractivity contribution in [2.24, 2.45) is 0 Å². The third kappa shape index (κ3) is 5.85. The molecule has 2 aromatic carbocycles. The fraction of sp³-hybridized carbons (Fsp3) is 0.250. The summed E-state index contributed by atoms with van der Waals surface area (Å²) in [6, 6.07) is 13.4.